The molecule has 11 heavy (non-hydrogen) atoms. The van der Waals surface area contributed by atoms with E-state index in [9.17, 15) is 5.11 Å². The van der Waals surface area contributed by atoms with E-state index in [4.69, 9.17) is 5.11 Å². The Bertz CT molecular complexity index is 138. The van der Waals surface area contributed by atoms with E-state index in [0.29, 0.717) is 6.42 Å². The first-order chi connectivity index (χ1) is 5.16. The molecule has 0 radical (unpaired) electrons. The zero-order chi connectivity index (χ0) is 8.69. The lowest BCUT2D eigenvalue weighted by atomic mass is 10.1. The van der Waals surface area contributed by atoms with E-state index < -0.39 is 6.10 Å². The number of aliphatic hydroxyl groups excluding tert-OH is 2. The van der Waals surface area contributed by atoms with Crippen LogP contribution in [0.4, 0.5) is 0 Å². The lowest BCUT2D eigenvalue weighted by Crippen LogP contribution is -2.01. The Balaban J connectivity index is 3.44. The van der Waals surface area contributed by atoms with Crippen molar-refractivity contribution in [2.75, 3.05) is 6.61 Å². The summed E-state index contributed by atoms with van der Waals surface area (Å²) >= 11 is 0. The van der Waals surface area contributed by atoms with Crippen LogP contribution in [-0.4, -0.2) is 22.9 Å². The van der Waals surface area contributed by atoms with Gasteiger partial charge in [0, 0.05) is 0 Å². The van der Waals surface area contributed by atoms with Gasteiger partial charge in [0.2, 0.25) is 0 Å². The highest BCUT2D eigenvalue weighted by Crippen LogP contribution is 2.04. The zero-order valence-corrected chi connectivity index (χ0v) is 6.95. The van der Waals surface area contributed by atoms with Gasteiger partial charge in [0.25, 0.3) is 0 Å². The summed E-state index contributed by atoms with van der Waals surface area (Å²) in [5.74, 6) is 0. The average molecular weight is 156 g/mol. The van der Waals surface area contributed by atoms with Crippen molar-refractivity contribution >= 4 is 0 Å². The summed E-state index contributed by atoms with van der Waals surface area (Å²) in [6, 6.07) is 0. The van der Waals surface area contributed by atoms with E-state index in [0.717, 1.165) is 12.0 Å². The lowest BCUT2D eigenvalue weighted by Gasteiger charge is -2.03. The summed E-state index contributed by atoms with van der Waals surface area (Å²) in [5.41, 5.74) is 1.07. The Morgan fingerprint density at radius 2 is 2.27 bits per heavy atom. The van der Waals surface area contributed by atoms with Crippen molar-refractivity contribution in [3.8, 4) is 0 Å². The molecule has 0 heterocycles. The maximum Gasteiger partial charge on any atom is 0.0724 e. The molecule has 0 amide bonds. The fraction of sp³-hybridized carbons (Fsp3) is 0.556. The summed E-state index contributed by atoms with van der Waals surface area (Å²) in [4.78, 5) is 0. The minimum Gasteiger partial charge on any atom is -0.392 e. The van der Waals surface area contributed by atoms with Gasteiger partial charge in [-0.2, -0.15) is 0 Å². The van der Waals surface area contributed by atoms with Crippen LogP contribution in [0.5, 0.6) is 0 Å². The number of allylic oxidation sites excluding steroid dienone is 1. The van der Waals surface area contributed by atoms with Gasteiger partial charge in [-0.15, -0.1) is 6.58 Å². The predicted molar refractivity (Wildman–Crippen MR) is 46.3 cm³/mol. The van der Waals surface area contributed by atoms with Crippen molar-refractivity contribution in [3.63, 3.8) is 0 Å². The predicted octanol–water partition coefficient (Wildman–Crippen LogP) is 1.25. The highest BCUT2D eigenvalue weighted by Gasteiger charge is 1.97. The first kappa shape index (κ1) is 10.4. The monoisotopic (exact) mass is 156 g/mol. The first-order valence-corrected chi connectivity index (χ1v) is 3.76. The first-order valence-electron chi connectivity index (χ1n) is 3.76. The van der Waals surface area contributed by atoms with Crippen LogP contribution in [0.15, 0.2) is 24.3 Å². The molecule has 1 atom stereocenters. The standard InChI is InChI=1S/C9H16O2/c1-8(2)5-6-9(11)4-3-7-10/h3-4,9-11H,1,5-7H2,2H3. The fourth-order valence-electron chi connectivity index (χ4n) is 0.708. The van der Waals surface area contributed by atoms with E-state index >= 15 is 0 Å². The van der Waals surface area contributed by atoms with Gasteiger partial charge in [0.05, 0.1) is 12.7 Å². The molecule has 0 aromatic rings. The molecule has 0 rings (SSSR count). The summed E-state index contributed by atoms with van der Waals surface area (Å²) in [7, 11) is 0. The summed E-state index contributed by atoms with van der Waals surface area (Å²) in [5, 5.41) is 17.6. The van der Waals surface area contributed by atoms with Gasteiger partial charge >= 0.3 is 0 Å². The van der Waals surface area contributed by atoms with Gasteiger partial charge in [-0.3, -0.25) is 0 Å². The van der Waals surface area contributed by atoms with Crippen LogP contribution in [0.1, 0.15) is 19.8 Å². The van der Waals surface area contributed by atoms with Gasteiger partial charge < -0.3 is 10.2 Å². The normalized spacial score (nSPS) is 13.7. The van der Waals surface area contributed by atoms with Crippen molar-refractivity contribution in [2.45, 2.75) is 25.9 Å². The second-order valence-electron chi connectivity index (χ2n) is 2.67. The molecule has 0 aliphatic rings. The molecule has 0 aliphatic heterocycles. The van der Waals surface area contributed by atoms with Gasteiger partial charge in [0.1, 0.15) is 0 Å². The maximum absolute atomic E-state index is 9.19. The molecular weight excluding hydrogens is 140 g/mol. The molecule has 2 heteroatoms. The van der Waals surface area contributed by atoms with Crippen molar-refractivity contribution in [1.29, 1.82) is 0 Å². The Kier molecular flexibility index (Phi) is 5.80. The van der Waals surface area contributed by atoms with Gasteiger partial charge in [-0.05, 0) is 19.8 Å². The largest absolute Gasteiger partial charge is 0.392 e. The minimum absolute atomic E-state index is 0.00979. The van der Waals surface area contributed by atoms with Crippen LogP contribution in [0.25, 0.3) is 0 Å². The Hall–Kier alpha value is -0.600. The third-order valence-corrected chi connectivity index (χ3v) is 1.33. The van der Waals surface area contributed by atoms with Gasteiger partial charge in [-0.1, -0.05) is 17.7 Å². The number of hydrogen-bond acceptors (Lipinski definition) is 2. The summed E-state index contributed by atoms with van der Waals surface area (Å²) in [6.45, 7) is 5.65. The smallest absolute Gasteiger partial charge is 0.0724 e. The SMILES string of the molecule is C=C(C)CCC(O)C=CCO. The van der Waals surface area contributed by atoms with E-state index in [1.54, 1.807) is 12.2 Å². The second-order valence-corrected chi connectivity index (χ2v) is 2.67. The van der Waals surface area contributed by atoms with Crippen LogP contribution in [-0.2, 0) is 0 Å². The molecule has 2 N–H and O–H groups in total. The molecule has 0 saturated heterocycles. The van der Waals surface area contributed by atoms with Gasteiger partial charge in [0.15, 0.2) is 0 Å². The van der Waals surface area contributed by atoms with Crippen molar-refractivity contribution in [1.82, 2.24) is 0 Å². The summed E-state index contributed by atoms with van der Waals surface area (Å²) in [6.07, 6.45) is 4.22. The zero-order valence-electron chi connectivity index (χ0n) is 6.95. The topological polar surface area (TPSA) is 40.5 Å². The summed E-state index contributed by atoms with van der Waals surface area (Å²) < 4.78 is 0. The number of rotatable bonds is 5. The lowest BCUT2D eigenvalue weighted by molar-refractivity contribution is 0.211. The molecule has 0 aromatic carbocycles. The van der Waals surface area contributed by atoms with Crippen LogP contribution < -0.4 is 0 Å². The van der Waals surface area contributed by atoms with Crippen LogP contribution in [0.3, 0.4) is 0 Å². The Morgan fingerprint density at radius 1 is 1.64 bits per heavy atom. The molecule has 2 nitrogen and oxygen atoms in total. The Labute approximate surface area is 67.9 Å². The number of aliphatic hydroxyl groups is 2. The second kappa shape index (κ2) is 6.13. The molecule has 0 spiro atoms. The van der Waals surface area contributed by atoms with Crippen LogP contribution >= 0.6 is 0 Å². The molecular formula is C9H16O2. The highest BCUT2D eigenvalue weighted by molar-refractivity contribution is 4.93. The highest BCUT2D eigenvalue weighted by atomic mass is 16.3. The molecule has 0 bridgehead atoms. The van der Waals surface area contributed by atoms with Crippen LogP contribution in [0, 0.1) is 0 Å². The molecule has 0 aromatic heterocycles. The van der Waals surface area contributed by atoms with Crippen LogP contribution in [0.2, 0.25) is 0 Å². The number of hydrogen-bond donors (Lipinski definition) is 2. The average Bonchev–Trinajstić information content (AvgIpc) is 1.97. The fourth-order valence-corrected chi connectivity index (χ4v) is 0.708. The molecule has 64 valence electrons. The minimum atomic E-state index is -0.446. The molecule has 0 saturated carbocycles. The van der Waals surface area contributed by atoms with Crippen molar-refractivity contribution in [2.24, 2.45) is 0 Å². The van der Waals surface area contributed by atoms with E-state index in [1.165, 1.54) is 0 Å². The maximum atomic E-state index is 9.19. The van der Waals surface area contributed by atoms with E-state index in [2.05, 4.69) is 6.58 Å². The molecule has 1 unspecified atom stereocenters. The van der Waals surface area contributed by atoms with Gasteiger partial charge in [-0.25, -0.2) is 0 Å². The van der Waals surface area contributed by atoms with Crippen molar-refractivity contribution < 1.29 is 10.2 Å². The third kappa shape index (κ3) is 7.30. The Morgan fingerprint density at radius 3 is 2.73 bits per heavy atom. The van der Waals surface area contributed by atoms with Crippen molar-refractivity contribution in [3.05, 3.63) is 24.3 Å². The van der Waals surface area contributed by atoms with E-state index in [1.807, 2.05) is 6.92 Å². The molecule has 0 aliphatic carbocycles. The van der Waals surface area contributed by atoms with E-state index in [-0.39, 0.29) is 6.61 Å². The molecule has 0 fully saturated rings. The third-order valence-electron chi connectivity index (χ3n) is 1.33. The quantitative estimate of drug-likeness (QED) is 0.588.